The highest BCUT2D eigenvalue weighted by Gasteiger charge is 2.30. The summed E-state index contributed by atoms with van der Waals surface area (Å²) in [5.41, 5.74) is 2.70. The molecule has 176 valence electrons. The van der Waals surface area contributed by atoms with Gasteiger partial charge in [-0.2, -0.15) is 4.99 Å². The van der Waals surface area contributed by atoms with Crippen molar-refractivity contribution in [1.29, 1.82) is 0 Å². The molecule has 9 nitrogen and oxygen atoms in total. The molecule has 4 rings (SSSR count). The van der Waals surface area contributed by atoms with Crippen LogP contribution in [0.1, 0.15) is 6.92 Å². The highest BCUT2D eigenvalue weighted by Crippen LogP contribution is 2.29. The van der Waals surface area contributed by atoms with Crippen molar-refractivity contribution >= 4 is 23.6 Å². The van der Waals surface area contributed by atoms with Gasteiger partial charge in [-0.1, -0.05) is 36.9 Å². The van der Waals surface area contributed by atoms with Gasteiger partial charge >= 0.3 is 0 Å². The van der Waals surface area contributed by atoms with Crippen LogP contribution in [-0.2, 0) is 4.74 Å². The molecular formula is C23H31N7O2S. The van der Waals surface area contributed by atoms with E-state index in [1.165, 1.54) is 0 Å². The van der Waals surface area contributed by atoms with E-state index in [1.54, 1.807) is 23.6 Å². The number of methoxy groups -OCH3 is 1. The van der Waals surface area contributed by atoms with Gasteiger partial charge in [0.15, 0.2) is 11.3 Å². The highest BCUT2D eigenvalue weighted by atomic mass is 32.2. The van der Waals surface area contributed by atoms with Gasteiger partial charge in [0, 0.05) is 32.9 Å². The number of hydrogen-bond donors (Lipinski definition) is 0. The van der Waals surface area contributed by atoms with Crippen molar-refractivity contribution < 1.29 is 9.47 Å². The molecule has 0 spiro atoms. The Morgan fingerprint density at radius 1 is 1.21 bits per heavy atom. The van der Waals surface area contributed by atoms with Crippen LogP contribution in [0.15, 0.2) is 58.9 Å². The largest absolute Gasteiger partial charge is 0.479 e. The third kappa shape index (κ3) is 4.72. The number of aliphatic imine (C=N–C) groups is 1. The first kappa shape index (κ1) is 23.2. The van der Waals surface area contributed by atoms with E-state index < -0.39 is 0 Å². The summed E-state index contributed by atoms with van der Waals surface area (Å²) >= 11 is 1.70. The lowest BCUT2D eigenvalue weighted by atomic mass is 10.1. The SMILES string of the molecule is C=C1/C(N2CCOCC2)=N\C(n2cc(-c3ccccc3)c(OC)n2)=N/N(CC)C(SC)N1C. The number of morpholine rings is 1. The Kier molecular flexibility index (Phi) is 7.24. The van der Waals surface area contributed by atoms with Crippen LogP contribution in [0.4, 0.5) is 0 Å². The van der Waals surface area contributed by atoms with Gasteiger partial charge in [0.05, 0.1) is 31.6 Å². The van der Waals surface area contributed by atoms with Gasteiger partial charge in [-0.25, -0.2) is 4.68 Å². The summed E-state index contributed by atoms with van der Waals surface area (Å²) in [5.74, 6) is 1.77. The fourth-order valence-electron chi connectivity index (χ4n) is 3.90. The Bertz CT molecular complexity index is 1030. The average Bonchev–Trinajstić information content (AvgIpc) is 3.30. The molecule has 1 aromatic heterocycles. The summed E-state index contributed by atoms with van der Waals surface area (Å²) < 4.78 is 12.9. The van der Waals surface area contributed by atoms with Crippen molar-refractivity contribution in [2.75, 3.05) is 53.3 Å². The smallest absolute Gasteiger partial charge is 0.269 e. The number of likely N-dealkylation sites (N-methyl/N-ethyl adjacent to an activating group) is 1. The lowest BCUT2D eigenvalue weighted by Crippen LogP contribution is -2.50. The van der Waals surface area contributed by atoms with Crippen molar-refractivity contribution in [2.24, 2.45) is 10.1 Å². The fraction of sp³-hybridized carbons (Fsp3) is 0.435. The van der Waals surface area contributed by atoms with E-state index in [0.717, 1.165) is 35.7 Å². The number of benzene rings is 1. The second-order valence-corrected chi connectivity index (χ2v) is 8.57. The second-order valence-electron chi connectivity index (χ2n) is 7.67. The number of hydrazone groups is 1. The van der Waals surface area contributed by atoms with Crippen LogP contribution < -0.4 is 4.74 Å². The minimum atomic E-state index is -0.0323. The van der Waals surface area contributed by atoms with Crippen LogP contribution in [0.2, 0.25) is 0 Å². The Morgan fingerprint density at radius 3 is 2.58 bits per heavy atom. The molecule has 2 aliphatic heterocycles. The number of ether oxygens (including phenoxy) is 2. The highest BCUT2D eigenvalue weighted by molar-refractivity contribution is 7.99. The number of amidine groups is 1. The van der Waals surface area contributed by atoms with Crippen molar-refractivity contribution in [3.8, 4) is 17.0 Å². The predicted octanol–water partition coefficient (Wildman–Crippen LogP) is 2.84. The Morgan fingerprint density at radius 2 is 1.94 bits per heavy atom. The summed E-state index contributed by atoms with van der Waals surface area (Å²) in [4.78, 5) is 9.33. The van der Waals surface area contributed by atoms with Crippen LogP contribution >= 0.6 is 11.8 Å². The first-order valence-electron chi connectivity index (χ1n) is 11.0. The third-order valence-electron chi connectivity index (χ3n) is 5.70. The summed E-state index contributed by atoms with van der Waals surface area (Å²) in [5, 5.41) is 11.6. The van der Waals surface area contributed by atoms with Crippen molar-refractivity contribution in [3.05, 3.63) is 48.8 Å². The molecule has 1 atom stereocenters. The van der Waals surface area contributed by atoms with Crippen LogP contribution in [0.25, 0.3) is 11.1 Å². The van der Waals surface area contributed by atoms with Crippen molar-refractivity contribution in [1.82, 2.24) is 24.6 Å². The van der Waals surface area contributed by atoms with Crippen LogP contribution in [0, 0.1) is 0 Å². The van der Waals surface area contributed by atoms with E-state index >= 15 is 0 Å². The lowest BCUT2D eigenvalue weighted by molar-refractivity contribution is 0.0668. The number of thioether (sulfide) groups is 1. The monoisotopic (exact) mass is 469 g/mol. The van der Waals surface area contributed by atoms with Gasteiger partial charge in [-0.3, -0.25) is 5.01 Å². The van der Waals surface area contributed by atoms with Crippen molar-refractivity contribution in [3.63, 3.8) is 0 Å². The van der Waals surface area contributed by atoms with E-state index in [-0.39, 0.29) is 5.50 Å². The standard InChI is InChI=1S/C23H31N7O2S/c1-6-29-23(33-5)27(3)17(2)20(28-12-14-32-15-13-28)24-22(26-29)30-16-19(21(25-30)31-4)18-10-8-7-9-11-18/h7-11,16,23H,2,6,12-15H2,1,3-5H3/b24-20+,26-22+. The Labute approximate surface area is 199 Å². The molecule has 0 bridgehead atoms. The molecule has 2 aromatic rings. The Hall–Kier alpha value is -2.98. The molecule has 1 aromatic carbocycles. The molecule has 3 heterocycles. The third-order valence-corrected chi connectivity index (χ3v) is 6.68. The molecule has 33 heavy (non-hydrogen) atoms. The van der Waals surface area contributed by atoms with Gasteiger partial charge in [0.1, 0.15) is 0 Å². The maximum Gasteiger partial charge on any atom is 0.269 e. The molecule has 2 aliphatic rings. The van der Waals surface area contributed by atoms with Crippen LogP contribution in [-0.4, -0.2) is 95.1 Å². The molecule has 10 heteroatoms. The summed E-state index contributed by atoms with van der Waals surface area (Å²) in [6.07, 6.45) is 3.99. The minimum Gasteiger partial charge on any atom is -0.479 e. The second kappa shape index (κ2) is 10.3. The van der Waals surface area contributed by atoms with Gasteiger partial charge < -0.3 is 19.3 Å². The quantitative estimate of drug-likeness (QED) is 0.682. The molecule has 0 amide bonds. The normalized spacial score (nSPS) is 22.8. The van der Waals surface area contributed by atoms with Crippen LogP contribution in [0.3, 0.4) is 0 Å². The van der Waals surface area contributed by atoms with E-state index in [0.29, 0.717) is 31.6 Å². The zero-order valence-electron chi connectivity index (χ0n) is 19.6. The molecule has 0 aliphatic carbocycles. The zero-order valence-corrected chi connectivity index (χ0v) is 20.5. The van der Waals surface area contributed by atoms with E-state index in [2.05, 4.69) is 34.7 Å². The number of aromatic nitrogens is 2. The molecule has 1 fully saturated rings. The van der Waals surface area contributed by atoms with Gasteiger partial charge in [-0.05, 0) is 18.7 Å². The summed E-state index contributed by atoms with van der Waals surface area (Å²) in [6.45, 7) is 9.99. The first-order chi connectivity index (χ1) is 16.1. The molecule has 0 saturated carbocycles. The lowest BCUT2D eigenvalue weighted by Gasteiger charge is -2.40. The van der Waals surface area contributed by atoms with Gasteiger partial charge in [0.25, 0.3) is 5.96 Å². The van der Waals surface area contributed by atoms with Crippen LogP contribution in [0.5, 0.6) is 5.88 Å². The summed E-state index contributed by atoms with van der Waals surface area (Å²) in [6, 6.07) is 10.0. The molecule has 1 saturated heterocycles. The number of rotatable bonds is 4. The topological polar surface area (TPSA) is 70.7 Å². The minimum absolute atomic E-state index is 0.0323. The van der Waals surface area contributed by atoms with Gasteiger partial charge in [0.2, 0.25) is 5.88 Å². The molecule has 1 unspecified atom stereocenters. The number of hydrogen-bond acceptors (Lipinski definition) is 9. The maximum atomic E-state index is 5.60. The predicted molar refractivity (Wildman–Crippen MR) is 133 cm³/mol. The molecule has 0 radical (unpaired) electrons. The van der Waals surface area contributed by atoms with Crippen molar-refractivity contribution in [2.45, 2.75) is 12.4 Å². The number of nitrogens with zero attached hydrogens (tertiary/aromatic N) is 7. The molecule has 0 N–H and O–H groups in total. The molecular weight excluding hydrogens is 438 g/mol. The van der Waals surface area contributed by atoms with E-state index in [9.17, 15) is 0 Å². The van der Waals surface area contributed by atoms with E-state index in [4.69, 9.17) is 19.6 Å². The van der Waals surface area contributed by atoms with Gasteiger partial charge in [-0.15, -0.1) is 22.0 Å². The maximum absolute atomic E-state index is 5.60. The Balaban J connectivity index is 1.84. The first-order valence-corrected chi connectivity index (χ1v) is 12.3. The average molecular weight is 470 g/mol. The zero-order chi connectivity index (χ0) is 23.4. The van der Waals surface area contributed by atoms with E-state index in [1.807, 2.05) is 48.6 Å². The summed E-state index contributed by atoms with van der Waals surface area (Å²) in [7, 11) is 3.66. The fourth-order valence-corrected chi connectivity index (χ4v) is 4.78.